The van der Waals surface area contributed by atoms with Gasteiger partial charge in [0.2, 0.25) is 0 Å². The Balaban J connectivity index is 1.34. The monoisotopic (exact) mass is 509 g/mol. The average Bonchev–Trinajstić information content (AvgIpc) is 3.17. The molecule has 3 aromatic rings. The summed E-state index contributed by atoms with van der Waals surface area (Å²) >= 11 is 5.78. The van der Waals surface area contributed by atoms with E-state index in [1.165, 1.54) is 0 Å². The molecule has 0 atom stereocenters. The molecule has 1 fully saturated rings. The van der Waals surface area contributed by atoms with Gasteiger partial charge >= 0.3 is 5.51 Å². The van der Waals surface area contributed by atoms with E-state index in [4.69, 9.17) is 11.6 Å². The van der Waals surface area contributed by atoms with Crippen LogP contribution in [-0.2, 0) is 6.54 Å². The number of hydrogen-bond acceptors (Lipinski definition) is 4. The summed E-state index contributed by atoms with van der Waals surface area (Å²) in [5.41, 5.74) is -1.60. The Morgan fingerprint density at radius 3 is 2.53 bits per heavy atom. The molecule has 4 rings (SSSR count). The van der Waals surface area contributed by atoms with Crippen molar-refractivity contribution in [3.8, 4) is 0 Å². The van der Waals surface area contributed by atoms with Crippen LogP contribution in [0, 0.1) is 12.8 Å². The first-order chi connectivity index (χ1) is 16.1. The van der Waals surface area contributed by atoms with E-state index >= 15 is 0 Å². The van der Waals surface area contributed by atoms with Crippen LogP contribution < -0.4 is 0 Å². The van der Waals surface area contributed by atoms with Gasteiger partial charge in [0, 0.05) is 65.5 Å². The normalized spacial score (nSPS) is 14.4. The second kappa shape index (κ2) is 10.00. The number of fused-ring (bicyclic) bond motifs is 1. The Morgan fingerprint density at radius 2 is 1.85 bits per heavy atom. The van der Waals surface area contributed by atoms with Gasteiger partial charge in [-0.05, 0) is 55.3 Å². The number of amides is 1. The number of benzene rings is 2. The third-order valence-corrected chi connectivity index (χ3v) is 6.97. The van der Waals surface area contributed by atoms with Gasteiger partial charge in [-0.3, -0.25) is 14.3 Å². The summed E-state index contributed by atoms with van der Waals surface area (Å²) in [7, 11) is 0. The number of aromatic nitrogens is 2. The summed E-state index contributed by atoms with van der Waals surface area (Å²) in [4.78, 5) is 26.9. The number of aryl methyl sites for hydroxylation is 1. The second-order valence-corrected chi connectivity index (χ2v) is 10.0. The molecule has 0 radical (unpaired) electrons. The zero-order valence-electron chi connectivity index (χ0n) is 18.4. The van der Waals surface area contributed by atoms with Crippen molar-refractivity contribution in [3.63, 3.8) is 0 Å². The third kappa shape index (κ3) is 5.75. The summed E-state index contributed by atoms with van der Waals surface area (Å²) in [6.07, 6.45) is 2.14. The van der Waals surface area contributed by atoms with Crippen LogP contribution in [0.1, 0.15) is 39.1 Å². The molecule has 0 unspecified atom stereocenters. The minimum absolute atomic E-state index is 0.0221. The lowest BCUT2D eigenvalue weighted by molar-refractivity contribution is -0.0328. The van der Waals surface area contributed by atoms with E-state index < -0.39 is 5.51 Å². The van der Waals surface area contributed by atoms with Crippen LogP contribution in [0.15, 0.2) is 42.6 Å². The Kier molecular flexibility index (Phi) is 7.23. The van der Waals surface area contributed by atoms with Crippen molar-refractivity contribution >= 4 is 46.0 Å². The Labute approximate surface area is 204 Å². The Morgan fingerprint density at radius 1 is 1.15 bits per heavy atom. The maximum Gasteiger partial charge on any atom is 0.441 e. The molecular weight excluding hydrogens is 487 g/mol. The largest absolute Gasteiger partial charge is 0.441 e. The van der Waals surface area contributed by atoms with Crippen LogP contribution in [0.5, 0.6) is 0 Å². The SMILES string of the molecule is Cc1c(C(=O)CCCSC(F)(F)F)ccc2nn(CC3CN(C(=O)c4ccc(Cl)cc4)C3)cc12. The van der Waals surface area contributed by atoms with Crippen molar-refractivity contribution < 1.29 is 22.8 Å². The number of rotatable bonds is 8. The van der Waals surface area contributed by atoms with Crippen molar-refractivity contribution in [3.05, 3.63) is 64.3 Å². The number of likely N-dealkylation sites (tertiary alicyclic amines) is 1. The smallest absolute Gasteiger partial charge is 0.338 e. The first-order valence-electron chi connectivity index (χ1n) is 10.9. The van der Waals surface area contributed by atoms with E-state index in [2.05, 4.69) is 5.10 Å². The lowest BCUT2D eigenvalue weighted by Gasteiger charge is -2.39. The predicted octanol–water partition coefficient (Wildman–Crippen LogP) is 5.99. The van der Waals surface area contributed by atoms with Crippen molar-refractivity contribution in [2.45, 2.75) is 31.8 Å². The molecule has 1 aliphatic rings. The number of nitrogens with zero attached hydrogens (tertiary/aromatic N) is 3. The number of carbonyl (C=O) groups is 2. The van der Waals surface area contributed by atoms with Gasteiger partial charge in [-0.2, -0.15) is 18.3 Å². The molecule has 2 aromatic carbocycles. The number of thioether (sulfide) groups is 1. The van der Waals surface area contributed by atoms with Gasteiger partial charge in [0.25, 0.3) is 5.91 Å². The maximum absolute atomic E-state index is 12.5. The van der Waals surface area contributed by atoms with Gasteiger partial charge in [0.05, 0.1) is 5.52 Å². The molecular formula is C24H23ClF3N3O2S. The molecule has 0 spiro atoms. The maximum atomic E-state index is 12.5. The topological polar surface area (TPSA) is 55.2 Å². The van der Waals surface area contributed by atoms with Gasteiger partial charge in [0.15, 0.2) is 5.78 Å². The summed E-state index contributed by atoms with van der Waals surface area (Å²) in [6.45, 7) is 3.75. The van der Waals surface area contributed by atoms with Crippen LogP contribution in [0.25, 0.3) is 10.9 Å². The summed E-state index contributed by atoms with van der Waals surface area (Å²) in [6, 6.07) is 10.3. The number of hydrogen-bond donors (Lipinski definition) is 0. The number of ketones is 1. The van der Waals surface area contributed by atoms with Crippen molar-refractivity contribution in [2.75, 3.05) is 18.8 Å². The summed E-state index contributed by atoms with van der Waals surface area (Å²) in [5.74, 6) is -0.0394. The molecule has 10 heteroatoms. The fourth-order valence-electron chi connectivity index (χ4n) is 4.12. The highest BCUT2D eigenvalue weighted by atomic mass is 35.5. The fourth-order valence-corrected chi connectivity index (χ4v) is 4.77. The zero-order valence-corrected chi connectivity index (χ0v) is 20.0. The molecule has 180 valence electrons. The first kappa shape index (κ1) is 24.6. The minimum Gasteiger partial charge on any atom is -0.338 e. The summed E-state index contributed by atoms with van der Waals surface area (Å²) in [5, 5.41) is 6.03. The molecule has 0 bridgehead atoms. The highest BCUT2D eigenvalue weighted by Gasteiger charge is 2.32. The molecule has 0 saturated carbocycles. The molecule has 5 nitrogen and oxygen atoms in total. The first-order valence-corrected chi connectivity index (χ1v) is 12.2. The molecule has 0 aliphatic carbocycles. The van der Waals surface area contributed by atoms with Crippen LogP contribution in [0.4, 0.5) is 13.2 Å². The fraction of sp³-hybridized carbons (Fsp3) is 0.375. The molecule has 2 heterocycles. The minimum atomic E-state index is -4.27. The molecule has 1 amide bonds. The van der Waals surface area contributed by atoms with Gasteiger partial charge in [-0.1, -0.05) is 23.4 Å². The number of alkyl halides is 3. The number of halogens is 4. The third-order valence-electron chi connectivity index (χ3n) is 5.90. The highest BCUT2D eigenvalue weighted by Crippen LogP contribution is 2.31. The lowest BCUT2D eigenvalue weighted by atomic mass is 9.98. The van der Waals surface area contributed by atoms with Gasteiger partial charge in [-0.25, -0.2) is 0 Å². The molecule has 34 heavy (non-hydrogen) atoms. The van der Waals surface area contributed by atoms with Crippen LogP contribution >= 0.6 is 23.4 Å². The van der Waals surface area contributed by atoms with Crippen LogP contribution in [-0.4, -0.2) is 50.7 Å². The number of Topliss-reactive ketones (excluding diaryl/α,β-unsaturated/α-hetero) is 1. The van der Waals surface area contributed by atoms with E-state index in [0.717, 1.165) is 16.5 Å². The Hall–Kier alpha value is -2.52. The zero-order chi connectivity index (χ0) is 24.5. The van der Waals surface area contributed by atoms with E-state index in [-0.39, 0.29) is 48.0 Å². The molecule has 0 N–H and O–H groups in total. The quantitative estimate of drug-likeness (QED) is 0.276. The van der Waals surface area contributed by atoms with E-state index in [9.17, 15) is 22.8 Å². The van der Waals surface area contributed by atoms with E-state index in [1.54, 1.807) is 41.3 Å². The van der Waals surface area contributed by atoms with Crippen molar-refractivity contribution in [1.82, 2.24) is 14.7 Å². The van der Waals surface area contributed by atoms with Crippen molar-refractivity contribution in [1.29, 1.82) is 0 Å². The van der Waals surface area contributed by atoms with E-state index in [0.29, 0.717) is 35.8 Å². The molecule has 1 aromatic heterocycles. The Bertz CT molecular complexity index is 1200. The average molecular weight is 510 g/mol. The second-order valence-electron chi connectivity index (χ2n) is 8.43. The predicted molar refractivity (Wildman–Crippen MR) is 127 cm³/mol. The summed E-state index contributed by atoms with van der Waals surface area (Å²) < 4.78 is 38.6. The van der Waals surface area contributed by atoms with Gasteiger partial charge < -0.3 is 4.90 Å². The highest BCUT2D eigenvalue weighted by molar-refractivity contribution is 8.00. The van der Waals surface area contributed by atoms with Crippen LogP contribution in [0.2, 0.25) is 5.02 Å². The standard InChI is InChI=1S/C24H23ClF3N3O2S/c1-15-19(22(32)3-2-10-34-24(26,27)28)8-9-21-20(15)14-31(29-21)13-16-11-30(12-16)23(33)17-4-6-18(25)7-5-17/h4-9,14,16H,2-3,10-13H2,1H3. The van der Waals surface area contributed by atoms with Gasteiger partial charge in [0.1, 0.15) is 0 Å². The van der Waals surface area contributed by atoms with Crippen LogP contribution in [0.3, 0.4) is 0 Å². The molecule has 1 aliphatic heterocycles. The number of carbonyl (C=O) groups excluding carboxylic acids is 2. The lowest BCUT2D eigenvalue weighted by Crippen LogP contribution is -2.51. The van der Waals surface area contributed by atoms with Crippen molar-refractivity contribution in [2.24, 2.45) is 5.92 Å². The van der Waals surface area contributed by atoms with Gasteiger partial charge in [-0.15, -0.1) is 0 Å². The van der Waals surface area contributed by atoms with E-state index in [1.807, 2.05) is 17.8 Å². The molecule has 1 saturated heterocycles.